The maximum Gasteiger partial charge on any atom is 0.168 e. The van der Waals surface area contributed by atoms with E-state index in [-0.39, 0.29) is 5.78 Å². The number of carbonyl (C=O) groups is 1. The molecule has 0 aliphatic rings. The molecule has 0 saturated heterocycles. The second-order valence-electron chi connectivity index (χ2n) is 4.15. The van der Waals surface area contributed by atoms with Crippen LogP contribution in [0.3, 0.4) is 0 Å². The summed E-state index contributed by atoms with van der Waals surface area (Å²) in [5.41, 5.74) is 4.10. The molecule has 3 nitrogen and oxygen atoms in total. The van der Waals surface area contributed by atoms with Crippen LogP contribution in [0.5, 0.6) is 0 Å². The third kappa shape index (κ3) is 2.75. The van der Waals surface area contributed by atoms with Crippen molar-refractivity contribution in [2.24, 2.45) is 0 Å². The molecule has 1 aromatic heterocycles. The van der Waals surface area contributed by atoms with Crippen molar-refractivity contribution in [2.45, 2.75) is 20.3 Å². The van der Waals surface area contributed by atoms with Gasteiger partial charge >= 0.3 is 0 Å². The van der Waals surface area contributed by atoms with Crippen LogP contribution in [0.1, 0.15) is 27.0 Å². The summed E-state index contributed by atoms with van der Waals surface area (Å²) in [5.74, 6) is 0.0724. The maximum absolute atomic E-state index is 11.9. The monoisotopic (exact) mass is 226 g/mol. The number of aromatic nitrogens is 2. The molecule has 0 bridgehead atoms. The minimum absolute atomic E-state index is 0.0724. The zero-order valence-electron chi connectivity index (χ0n) is 9.97. The van der Waals surface area contributed by atoms with Gasteiger partial charge in [0.15, 0.2) is 5.78 Å². The lowest BCUT2D eigenvalue weighted by atomic mass is 10.0. The van der Waals surface area contributed by atoms with Crippen LogP contribution in [0, 0.1) is 13.8 Å². The van der Waals surface area contributed by atoms with Crippen molar-refractivity contribution in [1.29, 1.82) is 0 Å². The second kappa shape index (κ2) is 4.87. The second-order valence-corrected chi connectivity index (χ2v) is 4.15. The first-order valence-corrected chi connectivity index (χ1v) is 5.53. The predicted molar refractivity (Wildman–Crippen MR) is 66.0 cm³/mol. The third-order valence-electron chi connectivity index (χ3n) is 2.84. The molecule has 0 unspecified atom stereocenters. The third-order valence-corrected chi connectivity index (χ3v) is 2.84. The first-order valence-electron chi connectivity index (χ1n) is 5.53. The van der Waals surface area contributed by atoms with Crippen molar-refractivity contribution in [3.8, 4) is 0 Å². The molecule has 0 amide bonds. The molecular formula is C14H14N2O. The van der Waals surface area contributed by atoms with Crippen LogP contribution < -0.4 is 0 Å². The van der Waals surface area contributed by atoms with E-state index in [4.69, 9.17) is 0 Å². The summed E-state index contributed by atoms with van der Waals surface area (Å²) in [6.07, 6.45) is 3.45. The maximum atomic E-state index is 11.9. The molecule has 2 aromatic rings. The Kier molecular flexibility index (Phi) is 3.28. The topological polar surface area (TPSA) is 42.9 Å². The lowest BCUT2D eigenvalue weighted by molar-refractivity contribution is 0.0992. The van der Waals surface area contributed by atoms with E-state index < -0.39 is 0 Å². The molecule has 0 saturated carbocycles. The number of rotatable bonds is 3. The number of aryl methyl sites for hydroxylation is 2. The van der Waals surface area contributed by atoms with E-state index in [1.165, 1.54) is 23.5 Å². The van der Waals surface area contributed by atoms with Crippen LogP contribution in [0.25, 0.3) is 0 Å². The van der Waals surface area contributed by atoms with Crippen molar-refractivity contribution in [2.75, 3.05) is 0 Å². The zero-order chi connectivity index (χ0) is 12.3. The van der Waals surface area contributed by atoms with Gasteiger partial charge in [0, 0.05) is 12.0 Å². The highest BCUT2D eigenvalue weighted by atomic mass is 16.1. The molecule has 3 heteroatoms. The highest BCUT2D eigenvalue weighted by Gasteiger charge is 2.07. The first-order chi connectivity index (χ1) is 8.16. The van der Waals surface area contributed by atoms with E-state index in [1.54, 1.807) is 6.07 Å². The van der Waals surface area contributed by atoms with Gasteiger partial charge in [-0.2, -0.15) is 10.2 Å². The van der Waals surface area contributed by atoms with E-state index >= 15 is 0 Å². The normalized spacial score (nSPS) is 10.2. The summed E-state index contributed by atoms with van der Waals surface area (Å²) < 4.78 is 0. The Morgan fingerprint density at radius 2 is 1.94 bits per heavy atom. The van der Waals surface area contributed by atoms with E-state index in [2.05, 4.69) is 30.1 Å². The van der Waals surface area contributed by atoms with E-state index in [1.807, 2.05) is 12.1 Å². The number of Topliss-reactive ketones (excluding diaryl/α,β-unsaturated/α-hetero) is 1. The molecule has 0 fully saturated rings. The van der Waals surface area contributed by atoms with Gasteiger partial charge in [-0.1, -0.05) is 18.2 Å². The fourth-order valence-corrected chi connectivity index (χ4v) is 1.66. The summed E-state index contributed by atoms with van der Waals surface area (Å²) in [6.45, 7) is 4.12. The Labute approximate surface area is 101 Å². The molecule has 0 aliphatic carbocycles. The van der Waals surface area contributed by atoms with E-state index in [0.717, 1.165) is 5.56 Å². The van der Waals surface area contributed by atoms with Gasteiger partial charge in [0.25, 0.3) is 0 Å². The number of benzene rings is 1. The van der Waals surface area contributed by atoms with Gasteiger partial charge < -0.3 is 0 Å². The lowest BCUT2D eigenvalue weighted by Gasteiger charge is -2.04. The van der Waals surface area contributed by atoms with Crippen molar-refractivity contribution in [3.05, 3.63) is 58.9 Å². The Morgan fingerprint density at radius 3 is 2.59 bits per heavy atom. The lowest BCUT2D eigenvalue weighted by Crippen LogP contribution is -2.04. The summed E-state index contributed by atoms with van der Waals surface area (Å²) in [7, 11) is 0. The smallest absolute Gasteiger partial charge is 0.168 e. The summed E-state index contributed by atoms with van der Waals surface area (Å²) in [6, 6.07) is 7.79. The Bertz CT molecular complexity index is 535. The minimum Gasteiger partial charge on any atom is -0.294 e. The van der Waals surface area contributed by atoms with Gasteiger partial charge in [-0.05, 0) is 36.6 Å². The van der Waals surface area contributed by atoms with Crippen LogP contribution >= 0.6 is 0 Å². The van der Waals surface area contributed by atoms with Crippen molar-refractivity contribution in [1.82, 2.24) is 10.2 Å². The summed E-state index contributed by atoms with van der Waals surface area (Å²) in [4.78, 5) is 11.9. The molecule has 86 valence electrons. The highest BCUT2D eigenvalue weighted by Crippen LogP contribution is 2.12. The van der Waals surface area contributed by atoms with Gasteiger partial charge in [-0.25, -0.2) is 0 Å². The number of nitrogens with zero attached hydrogens (tertiary/aromatic N) is 2. The Hall–Kier alpha value is -2.03. The molecule has 0 spiro atoms. The highest BCUT2D eigenvalue weighted by molar-refractivity contribution is 5.97. The van der Waals surface area contributed by atoms with Gasteiger partial charge in [0.05, 0.1) is 12.4 Å². The van der Waals surface area contributed by atoms with Crippen LogP contribution in [-0.4, -0.2) is 16.0 Å². The summed E-state index contributed by atoms with van der Waals surface area (Å²) >= 11 is 0. The quantitative estimate of drug-likeness (QED) is 0.755. The van der Waals surface area contributed by atoms with Crippen LogP contribution in [0.2, 0.25) is 0 Å². The number of hydrogen-bond acceptors (Lipinski definition) is 3. The predicted octanol–water partition coefficient (Wildman–Crippen LogP) is 2.52. The largest absolute Gasteiger partial charge is 0.294 e. The number of ketones is 1. The van der Waals surface area contributed by atoms with Crippen molar-refractivity contribution < 1.29 is 4.79 Å². The first kappa shape index (κ1) is 11.5. The molecule has 1 heterocycles. The SMILES string of the molecule is Cc1ccc(CC(=O)c2ccnnc2)cc1C. The van der Waals surface area contributed by atoms with E-state index in [0.29, 0.717) is 12.0 Å². The van der Waals surface area contributed by atoms with E-state index in [9.17, 15) is 4.79 Å². The van der Waals surface area contributed by atoms with Gasteiger partial charge in [-0.15, -0.1) is 0 Å². The Balaban J connectivity index is 2.16. The van der Waals surface area contributed by atoms with Gasteiger partial charge in [0.1, 0.15) is 0 Å². The molecule has 0 atom stereocenters. The number of hydrogen-bond donors (Lipinski definition) is 0. The average molecular weight is 226 g/mol. The molecule has 1 aromatic carbocycles. The minimum atomic E-state index is 0.0724. The van der Waals surface area contributed by atoms with Gasteiger partial charge in [-0.3, -0.25) is 4.79 Å². The standard InChI is InChI=1S/C14H14N2O/c1-10-3-4-12(7-11(10)2)8-14(17)13-5-6-15-16-9-13/h3-7,9H,8H2,1-2H3. The molecule has 17 heavy (non-hydrogen) atoms. The summed E-state index contributed by atoms with van der Waals surface area (Å²) in [5, 5.41) is 7.37. The number of carbonyl (C=O) groups excluding carboxylic acids is 1. The van der Waals surface area contributed by atoms with Crippen molar-refractivity contribution >= 4 is 5.78 Å². The van der Waals surface area contributed by atoms with Crippen LogP contribution in [-0.2, 0) is 6.42 Å². The average Bonchev–Trinajstić information content (AvgIpc) is 2.35. The Morgan fingerprint density at radius 1 is 1.12 bits per heavy atom. The molecule has 2 rings (SSSR count). The molecular weight excluding hydrogens is 212 g/mol. The molecule has 0 aliphatic heterocycles. The fraction of sp³-hybridized carbons (Fsp3) is 0.214. The fourth-order valence-electron chi connectivity index (χ4n) is 1.66. The molecule has 0 radical (unpaired) electrons. The van der Waals surface area contributed by atoms with Crippen LogP contribution in [0.15, 0.2) is 36.7 Å². The van der Waals surface area contributed by atoms with Crippen molar-refractivity contribution in [3.63, 3.8) is 0 Å². The van der Waals surface area contributed by atoms with Crippen LogP contribution in [0.4, 0.5) is 0 Å². The zero-order valence-corrected chi connectivity index (χ0v) is 9.97. The molecule has 0 N–H and O–H groups in total. The van der Waals surface area contributed by atoms with Gasteiger partial charge in [0.2, 0.25) is 0 Å².